The highest BCUT2D eigenvalue weighted by Gasteiger charge is 2.02. The van der Waals surface area contributed by atoms with E-state index >= 15 is 0 Å². The Morgan fingerprint density at radius 3 is 1.94 bits per heavy atom. The van der Waals surface area contributed by atoms with Crippen molar-refractivity contribution in [1.82, 2.24) is 0 Å². The third-order valence-electron chi connectivity index (χ3n) is 1.14. The molecule has 1 aromatic carbocycles. The summed E-state index contributed by atoms with van der Waals surface area (Å²) in [5, 5.41) is 10.2. The zero-order valence-corrected chi connectivity index (χ0v) is 11.4. The van der Waals surface area contributed by atoms with E-state index in [4.69, 9.17) is 10.7 Å². The standard InChI is InChI=1S/C6H4ClNO2S.C2H5NO.C2H6/c7-11-6-3-1-5(2-4-6)8(9)10;1-2(3)4;1-2/h1-4H;1H3,(H2,3,4);1-2H3. The minimum Gasteiger partial charge on any atom is -0.370 e. The van der Waals surface area contributed by atoms with Gasteiger partial charge in [-0.1, -0.05) is 13.8 Å². The quantitative estimate of drug-likeness (QED) is 0.664. The molecular weight excluding hydrogens is 264 g/mol. The van der Waals surface area contributed by atoms with Crippen LogP contribution in [0.4, 0.5) is 5.69 Å². The number of non-ortho nitro benzene ring substituents is 1. The molecule has 5 nitrogen and oxygen atoms in total. The fourth-order valence-corrected chi connectivity index (χ4v) is 1.17. The van der Waals surface area contributed by atoms with Crippen molar-refractivity contribution in [2.45, 2.75) is 25.7 Å². The van der Waals surface area contributed by atoms with Crippen LogP contribution in [0.3, 0.4) is 0 Å². The van der Waals surface area contributed by atoms with E-state index in [-0.39, 0.29) is 11.6 Å². The molecule has 0 fully saturated rings. The highest BCUT2D eigenvalue weighted by Crippen LogP contribution is 2.23. The van der Waals surface area contributed by atoms with Crippen molar-refractivity contribution in [2.75, 3.05) is 0 Å². The average molecular weight is 279 g/mol. The summed E-state index contributed by atoms with van der Waals surface area (Å²) in [6.07, 6.45) is 0. The van der Waals surface area contributed by atoms with Crippen LogP contribution >= 0.6 is 21.7 Å². The summed E-state index contributed by atoms with van der Waals surface area (Å²) in [4.78, 5) is 19.7. The van der Waals surface area contributed by atoms with Gasteiger partial charge in [0, 0.05) is 24.0 Å². The second-order valence-electron chi connectivity index (χ2n) is 2.44. The average Bonchev–Trinajstić information content (AvgIpc) is 2.31. The lowest BCUT2D eigenvalue weighted by Gasteiger charge is -1.91. The maximum absolute atomic E-state index is 10.2. The monoisotopic (exact) mass is 278 g/mol. The molecule has 0 aromatic heterocycles. The van der Waals surface area contributed by atoms with Gasteiger partial charge in [0.2, 0.25) is 5.91 Å². The van der Waals surface area contributed by atoms with Gasteiger partial charge in [-0.05, 0) is 33.8 Å². The zero-order valence-electron chi connectivity index (χ0n) is 9.84. The lowest BCUT2D eigenvalue weighted by Crippen LogP contribution is -2.01. The number of hydrogen-bond acceptors (Lipinski definition) is 4. The smallest absolute Gasteiger partial charge is 0.269 e. The van der Waals surface area contributed by atoms with E-state index in [0.29, 0.717) is 0 Å². The normalized spacial score (nSPS) is 8.00. The number of carbonyl (C=O) groups excluding carboxylic acids is 1. The van der Waals surface area contributed by atoms with Crippen molar-refractivity contribution in [1.29, 1.82) is 0 Å². The Kier molecular flexibility index (Phi) is 12.0. The summed E-state index contributed by atoms with van der Waals surface area (Å²) < 4.78 is 0. The summed E-state index contributed by atoms with van der Waals surface area (Å²) >= 11 is 0. The third kappa shape index (κ3) is 11.0. The molecule has 0 bridgehead atoms. The Morgan fingerprint density at radius 1 is 1.35 bits per heavy atom. The number of benzene rings is 1. The first-order valence-corrected chi connectivity index (χ1v) is 6.40. The molecular formula is C10H15ClN2O3S. The van der Waals surface area contributed by atoms with Crippen molar-refractivity contribution in [2.24, 2.45) is 5.73 Å². The second-order valence-corrected chi connectivity index (χ2v) is 3.53. The highest BCUT2D eigenvalue weighted by molar-refractivity contribution is 8.21. The molecule has 1 amide bonds. The van der Waals surface area contributed by atoms with Crippen molar-refractivity contribution < 1.29 is 9.72 Å². The number of amides is 1. The predicted octanol–water partition coefficient (Wildman–Crippen LogP) is 3.36. The van der Waals surface area contributed by atoms with Gasteiger partial charge in [-0.25, -0.2) is 0 Å². The van der Waals surface area contributed by atoms with E-state index in [1.54, 1.807) is 12.1 Å². The Morgan fingerprint density at radius 2 is 1.71 bits per heavy atom. The summed E-state index contributed by atoms with van der Waals surface area (Å²) in [5.41, 5.74) is 4.56. The van der Waals surface area contributed by atoms with Crippen LogP contribution in [0.1, 0.15) is 20.8 Å². The van der Waals surface area contributed by atoms with E-state index in [2.05, 4.69) is 5.73 Å². The molecule has 7 heteroatoms. The van der Waals surface area contributed by atoms with E-state index in [1.165, 1.54) is 19.1 Å². The van der Waals surface area contributed by atoms with Gasteiger partial charge in [0.05, 0.1) is 4.92 Å². The molecule has 0 saturated carbocycles. The van der Waals surface area contributed by atoms with Crippen LogP contribution in [0.5, 0.6) is 0 Å². The van der Waals surface area contributed by atoms with Crippen molar-refractivity contribution in [3.05, 3.63) is 34.4 Å². The number of carbonyl (C=O) groups is 1. The molecule has 0 aliphatic rings. The Balaban J connectivity index is 0. The summed E-state index contributed by atoms with van der Waals surface area (Å²) in [5.74, 6) is -0.333. The minimum absolute atomic E-state index is 0.0828. The number of nitrogens with two attached hydrogens (primary N) is 1. The topological polar surface area (TPSA) is 86.2 Å². The first-order chi connectivity index (χ1) is 7.97. The van der Waals surface area contributed by atoms with Gasteiger partial charge in [0.25, 0.3) is 5.69 Å². The van der Waals surface area contributed by atoms with Gasteiger partial charge in [-0.15, -0.1) is 0 Å². The number of rotatable bonds is 2. The molecule has 1 rings (SSSR count). The van der Waals surface area contributed by atoms with E-state index in [1.807, 2.05) is 13.8 Å². The molecule has 0 spiro atoms. The molecule has 0 saturated heterocycles. The first-order valence-electron chi connectivity index (χ1n) is 4.76. The van der Waals surface area contributed by atoms with Gasteiger partial charge < -0.3 is 5.73 Å². The third-order valence-corrected chi connectivity index (χ3v) is 2.12. The number of nitro benzene ring substituents is 1. The highest BCUT2D eigenvalue weighted by atomic mass is 35.7. The fourth-order valence-electron chi connectivity index (χ4n) is 0.619. The SMILES string of the molecule is CC.CC(N)=O.O=[N+]([O-])c1ccc(SCl)cc1. The first kappa shape index (κ1) is 18.1. The lowest BCUT2D eigenvalue weighted by atomic mass is 10.3. The van der Waals surface area contributed by atoms with Crippen LogP contribution in [0.15, 0.2) is 29.2 Å². The Hall–Kier alpha value is -1.27. The van der Waals surface area contributed by atoms with Crippen LogP contribution in [-0.4, -0.2) is 10.8 Å². The van der Waals surface area contributed by atoms with E-state index in [9.17, 15) is 14.9 Å². The summed E-state index contributed by atoms with van der Waals surface area (Å²) in [6.45, 7) is 5.31. The Labute approximate surface area is 109 Å². The van der Waals surface area contributed by atoms with Crippen LogP contribution in [0.25, 0.3) is 0 Å². The number of nitro groups is 1. The van der Waals surface area contributed by atoms with Crippen molar-refractivity contribution >= 4 is 33.3 Å². The molecule has 0 aliphatic heterocycles. The largest absolute Gasteiger partial charge is 0.370 e. The molecule has 0 unspecified atom stereocenters. The molecule has 0 radical (unpaired) electrons. The van der Waals surface area contributed by atoms with Gasteiger partial charge in [0.15, 0.2) is 0 Å². The molecule has 0 heterocycles. The van der Waals surface area contributed by atoms with Crippen molar-refractivity contribution in [3.8, 4) is 0 Å². The van der Waals surface area contributed by atoms with Crippen LogP contribution < -0.4 is 5.73 Å². The van der Waals surface area contributed by atoms with Crippen LogP contribution in [0, 0.1) is 10.1 Å². The predicted molar refractivity (Wildman–Crippen MR) is 71.0 cm³/mol. The van der Waals surface area contributed by atoms with Gasteiger partial charge >= 0.3 is 0 Å². The summed E-state index contributed by atoms with van der Waals surface area (Å²) in [6, 6.07) is 6.06. The number of nitrogens with zero attached hydrogens (tertiary/aromatic N) is 1. The van der Waals surface area contributed by atoms with Gasteiger partial charge in [0.1, 0.15) is 0 Å². The zero-order chi connectivity index (χ0) is 13.8. The van der Waals surface area contributed by atoms with Crippen molar-refractivity contribution in [3.63, 3.8) is 0 Å². The Bertz CT molecular complexity index is 340. The van der Waals surface area contributed by atoms with E-state index in [0.717, 1.165) is 15.9 Å². The molecule has 0 aliphatic carbocycles. The molecule has 1 aromatic rings. The fraction of sp³-hybridized carbons (Fsp3) is 0.300. The minimum atomic E-state index is -0.442. The van der Waals surface area contributed by atoms with E-state index < -0.39 is 4.92 Å². The second kappa shape index (κ2) is 11.2. The van der Waals surface area contributed by atoms with Crippen LogP contribution in [-0.2, 0) is 4.79 Å². The number of halogens is 1. The number of hydrogen-bond donors (Lipinski definition) is 1. The van der Waals surface area contributed by atoms with Gasteiger partial charge in [-0.3, -0.25) is 14.9 Å². The number of primary amides is 1. The maximum atomic E-state index is 10.2. The maximum Gasteiger partial charge on any atom is 0.269 e. The molecule has 96 valence electrons. The molecule has 2 N–H and O–H groups in total. The molecule has 0 atom stereocenters. The molecule has 17 heavy (non-hydrogen) atoms. The van der Waals surface area contributed by atoms with Crippen LogP contribution in [0.2, 0.25) is 0 Å². The lowest BCUT2D eigenvalue weighted by molar-refractivity contribution is -0.384. The summed E-state index contributed by atoms with van der Waals surface area (Å²) in [7, 11) is 6.44. The van der Waals surface area contributed by atoms with Gasteiger partial charge in [-0.2, -0.15) is 0 Å².